The fraction of sp³-hybridized carbons (Fsp3) is 0.360. The average molecular weight is 481 g/mol. The molecule has 1 saturated carbocycles. The number of nitrogens with zero attached hydrogens (tertiary/aromatic N) is 4. The number of para-hydroxylation sites is 2. The number of hydrogen-bond donors (Lipinski definition) is 0. The Balaban J connectivity index is 1.32. The molecule has 3 aromatic rings. The van der Waals surface area contributed by atoms with E-state index < -0.39 is 5.92 Å². The van der Waals surface area contributed by atoms with Crippen molar-refractivity contribution in [3.8, 4) is 17.2 Å². The monoisotopic (exact) mass is 480 g/mol. The fourth-order valence-electron chi connectivity index (χ4n) is 4.28. The first-order valence-electron chi connectivity index (χ1n) is 11.4. The number of hydrogen-bond acceptors (Lipinski definition) is 6. The van der Waals surface area contributed by atoms with Crippen LogP contribution in [0.4, 0.5) is 5.69 Å². The summed E-state index contributed by atoms with van der Waals surface area (Å²) in [7, 11) is 0. The van der Waals surface area contributed by atoms with E-state index in [2.05, 4.69) is 10.2 Å². The fourth-order valence-corrected chi connectivity index (χ4v) is 4.49. The quantitative estimate of drug-likeness (QED) is 0.476. The number of benzene rings is 2. The molecular formula is C25H25ClN4O4. The largest absolute Gasteiger partial charge is 0.492 e. The number of amides is 2. The molecule has 2 aromatic carbocycles. The lowest BCUT2D eigenvalue weighted by Gasteiger charge is -2.24. The van der Waals surface area contributed by atoms with Gasteiger partial charge >= 0.3 is 0 Å². The highest BCUT2D eigenvalue weighted by atomic mass is 35.5. The van der Waals surface area contributed by atoms with E-state index in [9.17, 15) is 9.59 Å². The summed E-state index contributed by atoms with van der Waals surface area (Å²) < 4.78 is 11.5. The van der Waals surface area contributed by atoms with Gasteiger partial charge in [-0.3, -0.25) is 9.59 Å². The van der Waals surface area contributed by atoms with Crippen LogP contribution >= 0.6 is 11.6 Å². The van der Waals surface area contributed by atoms with E-state index in [-0.39, 0.29) is 30.8 Å². The molecule has 2 heterocycles. The third-order valence-corrected chi connectivity index (χ3v) is 6.41. The lowest BCUT2D eigenvalue weighted by atomic mass is 10.1. The van der Waals surface area contributed by atoms with E-state index in [1.165, 1.54) is 0 Å². The lowest BCUT2D eigenvalue weighted by molar-refractivity contribution is -0.137. The van der Waals surface area contributed by atoms with Crippen LogP contribution in [0.25, 0.3) is 11.5 Å². The van der Waals surface area contributed by atoms with Gasteiger partial charge in [0, 0.05) is 19.0 Å². The summed E-state index contributed by atoms with van der Waals surface area (Å²) in [4.78, 5) is 29.8. The molecule has 176 valence electrons. The van der Waals surface area contributed by atoms with Gasteiger partial charge in [0.15, 0.2) is 0 Å². The number of aromatic nitrogens is 2. The van der Waals surface area contributed by atoms with Crippen LogP contribution in [0, 0.1) is 5.92 Å². The third kappa shape index (κ3) is 4.50. The minimum atomic E-state index is -0.436. The van der Waals surface area contributed by atoms with Gasteiger partial charge in [-0.05, 0) is 44.0 Å². The van der Waals surface area contributed by atoms with Crippen LogP contribution in [0.5, 0.6) is 5.75 Å². The number of rotatable bonds is 8. The van der Waals surface area contributed by atoms with Gasteiger partial charge in [0.2, 0.25) is 23.6 Å². The Morgan fingerprint density at radius 3 is 2.71 bits per heavy atom. The zero-order chi connectivity index (χ0) is 23.7. The molecule has 2 amide bonds. The SMILES string of the molecule is CCOc1ccccc1N1C[C@@H](C(=O)N(Cc2nnc(-c3ccccc3Cl)o2)C2CC2)CC1=O. The molecule has 8 nitrogen and oxygen atoms in total. The normalized spacial score (nSPS) is 17.8. The van der Waals surface area contributed by atoms with Crippen molar-refractivity contribution in [2.45, 2.75) is 38.8 Å². The molecule has 2 aliphatic rings. The summed E-state index contributed by atoms with van der Waals surface area (Å²) in [5.74, 6) is 0.721. The van der Waals surface area contributed by atoms with E-state index in [0.29, 0.717) is 47.0 Å². The van der Waals surface area contributed by atoms with Crippen LogP contribution in [-0.4, -0.2) is 46.1 Å². The maximum atomic E-state index is 13.5. The number of halogens is 1. The van der Waals surface area contributed by atoms with Gasteiger partial charge in [-0.1, -0.05) is 35.9 Å². The van der Waals surface area contributed by atoms with Gasteiger partial charge in [-0.25, -0.2) is 0 Å². The van der Waals surface area contributed by atoms with Crippen LogP contribution in [0.3, 0.4) is 0 Å². The van der Waals surface area contributed by atoms with Crippen molar-refractivity contribution in [3.63, 3.8) is 0 Å². The van der Waals surface area contributed by atoms with E-state index in [1.54, 1.807) is 15.9 Å². The summed E-state index contributed by atoms with van der Waals surface area (Å²) in [5, 5.41) is 8.77. The minimum Gasteiger partial charge on any atom is -0.492 e. The van der Waals surface area contributed by atoms with E-state index >= 15 is 0 Å². The first kappa shape index (κ1) is 22.4. The van der Waals surface area contributed by atoms with Gasteiger partial charge in [0.25, 0.3) is 0 Å². The number of carbonyl (C=O) groups is 2. The van der Waals surface area contributed by atoms with Crippen molar-refractivity contribution in [1.29, 1.82) is 0 Å². The molecule has 0 bridgehead atoms. The van der Waals surface area contributed by atoms with Crippen LogP contribution in [0.2, 0.25) is 5.02 Å². The molecule has 1 saturated heterocycles. The second-order valence-corrected chi connectivity index (χ2v) is 8.89. The zero-order valence-corrected chi connectivity index (χ0v) is 19.6. The van der Waals surface area contributed by atoms with E-state index in [4.69, 9.17) is 20.8 Å². The van der Waals surface area contributed by atoms with Crippen LogP contribution in [0.1, 0.15) is 32.1 Å². The highest BCUT2D eigenvalue weighted by Crippen LogP contribution is 2.36. The van der Waals surface area contributed by atoms with Gasteiger partial charge in [-0.15, -0.1) is 10.2 Å². The molecule has 2 fully saturated rings. The summed E-state index contributed by atoms with van der Waals surface area (Å²) in [6, 6.07) is 14.8. The second-order valence-electron chi connectivity index (χ2n) is 8.48. The molecule has 0 spiro atoms. The van der Waals surface area contributed by atoms with Crippen molar-refractivity contribution in [3.05, 3.63) is 59.4 Å². The van der Waals surface area contributed by atoms with Crippen LogP contribution in [0.15, 0.2) is 52.9 Å². The molecule has 1 aromatic heterocycles. The molecule has 1 atom stereocenters. The maximum absolute atomic E-state index is 13.5. The van der Waals surface area contributed by atoms with E-state index in [1.807, 2.05) is 49.4 Å². The third-order valence-electron chi connectivity index (χ3n) is 6.08. The topological polar surface area (TPSA) is 88.8 Å². The summed E-state index contributed by atoms with van der Waals surface area (Å²) >= 11 is 6.24. The van der Waals surface area contributed by atoms with Gasteiger partial charge < -0.3 is 19.0 Å². The predicted molar refractivity (Wildman–Crippen MR) is 126 cm³/mol. The highest BCUT2D eigenvalue weighted by molar-refractivity contribution is 6.33. The van der Waals surface area contributed by atoms with Gasteiger partial charge in [0.1, 0.15) is 5.75 Å². The Morgan fingerprint density at radius 2 is 1.94 bits per heavy atom. The Kier molecular flexibility index (Phi) is 6.24. The molecule has 1 aliphatic carbocycles. The predicted octanol–water partition coefficient (Wildman–Crippen LogP) is 4.33. The average Bonchev–Trinajstić information content (AvgIpc) is 3.45. The molecule has 0 unspecified atom stereocenters. The highest BCUT2D eigenvalue weighted by Gasteiger charge is 2.42. The van der Waals surface area contributed by atoms with Crippen molar-refractivity contribution in [2.75, 3.05) is 18.1 Å². The molecule has 0 radical (unpaired) electrons. The van der Waals surface area contributed by atoms with Crippen LogP contribution < -0.4 is 9.64 Å². The summed E-state index contributed by atoms with van der Waals surface area (Å²) in [6.45, 7) is 2.93. The molecule has 5 rings (SSSR count). The molecule has 0 N–H and O–H groups in total. The van der Waals surface area contributed by atoms with Crippen molar-refractivity contribution in [1.82, 2.24) is 15.1 Å². The minimum absolute atomic E-state index is 0.0651. The summed E-state index contributed by atoms with van der Waals surface area (Å²) in [5.41, 5.74) is 1.35. The first-order chi connectivity index (χ1) is 16.5. The number of anilines is 1. The molecular weight excluding hydrogens is 456 g/mol. The number of ether oxygens (including phenoxy) is 1. The van der Waals surface area contributed by atoms with Crippen molar-refractivity contribution in [2.24, 2.45) is 5.92 Å². The Hall–Kier alpha value is -3.39. The number of carbonyl (C=O) groups excluding carboxylic acids is 2. The van der Waals surface area contributed by atoms with Gasteiger partial charge in [0.05, 0.1) is 35.3 Å². The Morgan fingerprint density at radius 1 is 1.18 bits per heavy atom. The molecule has 34 heavy (non-hydrogen) atoms. The van der Waals surface area contributed by atoms with Crippen LogP contribution in [-0.2, 0) is 16.1 Å². The molecule has 9 heteroatoms. The molecule has 1 aliphatic heterocycles. The van der Waals surface area contributed by atoms with E-state index in [0.717, 1.165) is 12.8 Å². The first-order valence-corrected chi connectivity index (χ1v) is 11.8. The smallest absolute Gasteiger partial charge is 0.249 e. The standard InChI is InChI=1S/C25H25ClN4O4/c1-2-33-21-10-6-5-9-20(21)30-14-16(13-23(30)31)25(32)29(17-11-12-17)15-22-27-28-24(34-22)18-7-3-4-8-19(18)26/h3-10,16-17H,2,11-15H2,1H3/t16-/m0/s1. The Labute approximate surface area is 202 Å². The Bertz CT molecular complexity index is 1210. The van der Waals surface area contributed by atoms with Crippen molar-refractivity contribution < 1.29 is 18.7 Å². The van der Waals surface area contributed by atoms with Crippen molar-refractivity contribution >= 4 is 29.1 Å². The van der Waals surface area contributed by atoms with Gasteiger partial charge in [-0.2, -0.15) is 0 Å². The summed E-state index contributed by atoms with van der Waals surface area (Å²) in [6.07, 6.45) is 2.01. The maximum Gasteiger partial charge on any atom is 0.249 e. The second kappa shape index (κ2) is 9.46. The lowest BCUT2D eigenvalue weighted by Crippen LogP contribution is -2.38. The zero-order valence-electron chi connectivity index (χ0n) is 18.8.